The molecule has 0 spiro atoms. The third kappa shape index (κ3) is 2.13. The maximum absolute atomic E-state index is 5.67. The van der Waals surface area contributed by atoms with Crippen LogP contribution in [0, 0.1) is 0 Å². The highest BCUT2D eigenvalue weighted by Gasteiger charge is 2.15. The molecule has 3 aromatic heterocycles. The van der Waals surface area contributed by atoms with Gasteiger partial charge in [-0.05, 0) is 48.5 Å². The predicted molar refractivity (Wildman–Crippen MR) is 114 cm³/mol. The van der Waals surface area contributed by atoms with Gasteiger partial charge in [0.1, 0.15) is 5.58 Å². The molecule has 0 saturated carbocycles. The first kappa shape index (κ1) is 15.2. The van der Waals surface area contributed by atoms with Crippen molar-refractivity contribution in [3.63, 3.8) is 0 Å². The fourth-order valence-corrected chi connectivity index (χ4v) is 4.09. The van der Waals surface area contributed by atoms with Crippen molar-refractivity contribution in [1.29, 1.82) is 0 Å². The number of hydrogen-bond acceptors (Lipinski definition) is 2. The lowest BCUT2D eigenvalue weighted by atomic mass is 10.1. The molecule has 6 aromatic rings. The van der Waals surface area contributed by atoms with Crippen LogP contribution in [0.25, 0.3) is 49.7 Å². The first-order valence-electron chi connectivity index (χ1n) is 9.31. The van der Waals surface area contributed by atoms with Crippen molar-refractivity contribution in [2.75, 3.05) is 0 Å². The molecular formula is C25H16N2O. The number of benzene rings is 3. The summed E-state index contributed by atoms with van der Waals surface area (Å²) < 4.78 is 7.99. The van der Waals surface area contributed by atoms with Crippen molar-refractivity contribution < 1.29 is 4.42 Å². The zero-order valence-corrected chi connectivity index (χ0v) is 15.0. The Morgan fingerprint density at radius 2 is 1.54 bits per heavy atom. The Morgan fingerprint density at radius 3 is 2.39 bits per heavy atom. The number of aromatic nitrogens is 2. The van der Waals surface area contributed by atoms with Gasteiger partial charge in [0.25, 0.3) is 0 Å². The Bertz CT molecular complexity index is 1440. The SMILES string of the molecule is c1ccc(-c2ccc(-n3c4ccccc4c4ccc5occc5c43)cc2)nc1. The number of pyridine rings is 1. The Labute approximate surface area is 161 Å². The van der Waals surface area contributed by atoms with E-state index in [1.165, 1.54) is 21.8 Å². The molecule has 0 aliphatic rings. The fraction of sp³-hybridized carbons (Fsp3) is 0. The van der Waals surface area contributed by atoms with Crippen LogP contribution in [0.5, 0.6) is 0 Å². The van der Waals surface area contributed by atoms with Crippen molar-refractivity contribution in [3.8, 4) is 16.9 Å². The fourth-order valence-electron chi connectivity index (χ4n) is 4.09. The molecule has 28 heavy (non-hydrogen) atoms. The zero-order chi connectivity index (χ0) is 18.5. The van der Waals surface area contributed by atoms with Gasteiger partial charge in [0.05, 0.1) is 23.0 Å². The molecule has 3 heterocycles. The second-order valence-corrected chi connectivity index (χ2v) is 6.91. The van der Waals surface area contributed by atoms with Gasteiger partial charge in [-0.15, -0.1) is 0 Å². The van der Waals surface area contributed by atoms with Gasteiger partial charge in [-0.1, -0.05) is 36.4 Å². The third-order valence-corrected chi connectivity index (χ3v) is 5.35. The summed E-state index contributed by atoms with van der Waals surface area (Å²) in [6.07, 6.45) is 3.59. The highest BCUT2D eigenvalue weighted by molar-refractivity contribution is 6.17. The lowest BCUT2D eigenvalue weighted by molar-refractivity contribution is 0.616. The van der Waals surface area contributed by atoms with Crippen LogP contribution in [0.1, 0.15) is 0 Å². The molecule has 0 saturated heterocycles. The molecule has 0 aliphatic heterocycles. The number of hydrogen-bond donors (Lipinski definition) is 0. The molecule has 0 N–H and O–H groups in total. The van der Waals surface area contributed by atoms with Gasteiger partial charge in [0, 0.05) is 33.6 Å². The first-order valence-corrected chi connectivity index (χ1v) is 9.31. The molecule has 0 unspecified atom stereocenters. The molecule has 3 heteroatoms. The summed E-state index contributed by atoms with van der Waals surface area (Å²) in [7, 11) is 0. The molecule has 3 nitrogen and oxygen atoms in total. The van der Waals surface area contributed by atoms with E-state index in [0.29, 0.717) is 0 Å². The molecule has 0 atom stereocenters. The van der Waals surface area contributed by atoms with E-state index in [4.69, 9.17) is 4.42 Å². The lowest BCUT2D eigenvalue weighted by Gasteiger charge is -2.09. The van der Waals surface area contributed by atoms with Crippen LogP contribution in [0.2, 0.25) is 0 Å². The lowest BCUT2D eigenvalue weighted by Crippen LogP contribution is -1.94. The van der Waals surface area contributed by atoms with E-state index in [1.807, 2.05) is 24.4 Å². The quantitative estimate of drug-likeness (QED) is 0.349. The normalized spacial score (nSPS) is 11.6. The second kappa shape index (κ2) is 5.83. The van der Waals surface area contributed by atoms with Gasteiger partial charge in [-0.2, -0.15) is 0 Å². The zero-order valence-electron chi connectivity index (χ0n) is 15.0. The highest BCUT2D eigenvalue weighted by Crippen LogP contribution is 2.37. The largest absolute Gasteiger partial charge is 0.464 e. The molecule has 0 bridgehead atoms. The van der Waals surface area contributed by atoms with Crippen molar-refractivity contribution in [2.45, 2.75) is 0 Å². The Hall–Kier alpha value is -3.85. The monoisotopic (exact) mass is 360 g/mol. The summed E-state index contributed by atoms with van der Waals surface area (Å²) in [5.41, 5.74) is 6.49. The van der Waals surface area contributed by atoms with Gasteiger partial charge < -0.3 is 8.98 Å². The summed E-state index contributed by atoms with van der Waals surface area (Å²) in [4.78, 5) is 4.46. The van der Waals surface area contributed by atoms with Crippen molar-refractivity contribution in [2.24, 2.45) is 0 Å². The maximum Gasteiger partial charge on any atom is 0.136 e. The van der Waals surface area contributed by atoms with E-state index in [1.54, 1.807) is 6.26 Å². The molecule has 0 aliphatic carbocycles. The Morgan fingerprint density at radius 1 is 0.679 bits per heavy atom. The van der Waals surface area contributed by atoms with Crippen molar-refractivity contribution in [3.05, 3.63) is 97.4 Å². The van der Waals surface area contributed by atoms with Gasteiger partial charge in [-0.3, -0.25) is 4.98 Å². The van der Waals surface area contributed by atoms with Crippen molar-refractivity contribution in [1.82, 2.24) is 9.55 Å². The number of para-hydroxylation sites is 1. The number of rotatable bonds is 2. The van der Waals surface area contributed by atoms with Gasteiger partial charge in [-0.25, -0.2) is 0 Å². The van der Waals surface area contributed by atoms with E-state index in [0.717, 1.165) is 27.9 Å². The summed E-state index contributed by atoms with van der Waals surface area (Å²) in [6, 6.07) is 29.4. The summed E-state index contributed by atoms with van der Waals surface area (Å²) in [5.74, 6) is 0. The average molecular weight is 360 g/mol. The second-order valence-electron chi connectivity index (χ2n) is 6.91. The van der Waals surface area contributed by atoms with Gasteiger partial charge in [0.15, 0.2) is 0 Å². The summed E-state index contributed by atoms with van der Waals surface area (Å²) in [5, 5.41) is 3.61. The van der Waals surface area contributed by atoms with Crippen LogP contribution in [0.3, 0.4) is 0 Å². The van der Waals surface area contributed by atoms with Crippen LogP contribution >= 0.6 is 0 Å². The Kier molecular flexibility index (Phi) is 3.17. The van der Waals surface area contributed by atoms with Crippen LogP contribution in [0.4, 0.5) is 0 Å². The number of furan rings is 1. The number of nitrogens with zero attached hydrogens (tertiary/aromatic N) is 2. The van der Waals surface area contributed by atoms with E-state index in [9.17, 15) is 0 Å². The average Bonchev–Trinajstić information content (AvgIpc) is 3.37. The smallest absolute Gasteiger partial charge is 0.136 e. The summed E-state index contributed by atoms with van der Waals surface area (Å²) in [6.45, 7) is 0. The minimum absolute atomic E-state index is 0.904. The van der Waals surface area contributed by atoms with Gasteiger partial charge in [0.2, 0.25) is 0 Å². The molecule has 0 radical (unpaired) electrons. The third-order valence-electron chi connectivity index (χ3n) is 5.35. The molecule has 3 aromatic carbocycles. The molecule has 0 amide bonds. The van der Waals surface area contributed by atoms with E-state index in [2.05, 4.69) is 76.3 Å². The highest BCUT2D eigenvalue weighted by atomic mass is 16.3. The van der Waals surface area contributed by atoms with Crippen LogP contribution in [-0.4, -0.2) is 9.55 Å². The minimum Gasteiger partial charge on any atom is -0.464 e. The molecular weight excluding hydrogens is 344 g/mol. The molecule has 0 fully saturated rings. The standard InChI is InChI=1S/C25H16N2O/c1-2-7-23-19(5-1)20-12-13-24-21(14-16-28-24)25(20)27(23)18-10-8-17(9-11-18)22-6-3-4-15-26-22/h1-16H. The Balaban J connectivity index is 1.66. The van der Waals surface area contributed by atoms with E-state index in [-0.39, 0.29) is 0 Å². The van der Waals surface area contributed by atoms with Crippen molar-refractivity contribution >= 4 is 32.8 Å². The first-order chi connectivity index (χ1) is 13.9. The predicted octanol–water partition coefficient (Wildman–Crippen LogP) is 6.59. The van der Waals surface area contributed by atoms with Crippen LogP contribution < -0.4 is 0 Å². The molecule has 132 valence electrons. The number of fused-ring (bicyclic) bond motifs is 5. The maximum atomic E-state index is 5.67. The van der Waals surface area contributed by atoms with E-state index < -0.39 is 0 Å². The van der Waals surface area contributed by atoms with E-state index >= 15 is 0 Å². The van der Waals surface area contributed by atoms with Crippen LogP contribution in [0.15, 0.2) is 102 Å². The minimum atomic E-state index is 0.904. The topological polar surface area (TPSA) is 31.0 Å². The molecule has 6 rings (SSSR count). The summed E-state index contributed by atoms with van der Waals surface area (Å²) >= 11 is 0. The van der Waals surface area contributed by atoms with Crippen LogP contribution in [-0.2, 0) is 0 Å². The van der Waals surface area contributed by atoms with Gasteiger partial charge >= 0.3 is 0 Å².